The summed E-state index contributed by atoms with van der Waals surface area (Å²) < 4.78 is 29.5. The minimum Gasteiger partial charge on any atom is -0.480 e. The molecule has 2 aromatic rings. The number of halogens is 1. The van der Waals surface area contributed by atoms with Crippen molar-refractivity contribution in [3.63, 3.8) is 0 Å². The first-order valence-electron chi connectivity index (χ1n) is 10.3. The summed E-state index contributed by atoms with van der Waals surface area (Å²) in [4.78, 5) is 15.8. The van der Waals surface area contributed by atoms with Gasteiger partial charge >= 0.3 is 5.97 Å². The molecule has 10 heteroatoms. The van der Waals surface area contributed by atoms with E-state index in [1.807, 2.05) is 11.5 Å². The zero-order chi connectivity index (χ0) is 23.2. The Labute approximate surface area is 188 Å². The first-order chi connectivity index (χ1) is 14.6. The number of benzene rings is 1. The maximum atomic E-state index is 12.7. The fourth-order valence-corrected chi connectivity index (χ4v) is 4.76. The van der Waals surface area contributed by atoms with Crippen LogP contribution in [0.5, 0.6) is 0 Å². The van der Waals surface area contributed by atoms with E-state index >= 15 is 0 Å². The van der Waals surface area contributed by atoms with Crippen LogP contribution in [0.15, 0.2) is 29.2 Å². The summed E-state index contributed by atoms with van der Waals surface area (Å²) in [5, 5.41) is 19.3. The van der Waals surface area contributed by atoms with Gasteiger partial charge in [-0.15, -0.1) is 0 Å². The van der Waals surface area contributed by atoms with Gasteiger partial charge in [-0.3, -0.25) is 4.79 Å². The fraction of sp³-hybridized carbons (Fsp3) is 0.524. The molecule has 0 radical (unpaired) electrons. The molecule has 8 nitrogen and oxygen atoms in total. The largest absolute Gasteiger partial charge is 0.480 e. The van der Waals surface area contributed by atoms with Crippen LogP contribution >= 0.6 is 11.6 Å². The van der Waals surface area contributed by atoms with Crippen molar-refractivity contribution < 1.29 is 23.4 Å². The number of carboxylic acid groups (broad SMARTS) is 1. The average Bonchev–Trinajstić information content (AvgIpc) is 3.04. The summed E-state index contributed by atoms with van der Waals surface area (Å²) in [6, 6.07) is 5.00. The highest BCUT2D eigenvalue weighted by molar-refractivity contribution is 7.89. The Kier molecular flexibility index (Phi) is 9.05. The number of aliphatic hydroxyl groups excluding tert-OH is 1. The second kappa shape index (κ2) is 11.1. The summed E-state index contributed by atoms with van der Waals surface area (Å²) >= 11 is 6.16. The highest BCUT2D eigenvalue weighted by Gasteiger charge is 2.29. The van der Waals surface area contributed by atoms with E-state index in [2.05, 4.69) is 16.6 Å². The molecule has 0 aliphatic carbocycles. The number of hydrogen-bond donors (Lipinski definition) is 3. The maximum absolute atomic E-state index is 12.7. The van der Waals surface area contributed by atoms with Crippen LogP contribution in [-0.4, -0.2) is 40.2 Å². The Morgan fingerprint density at radius 1 is 1.26 bits per heavy atom. The lowest BCUT2D eigenvalue weighted by Crippen LogP contribution is -2.44. The van der Waals surface area contributed by atoms with Crippen LogP contribution < -0.4 is 4.72 Å². The van der Waals surface area contributed by atoms with E-state index in [0.29, 0.717) is 18.7 Å². The van der Waals surface area contributed by atoms with Gasteiger partial charge in [0.05, 0.1) is 17.2 Å². The number of aryl methyl sites for hydroxylation is 1. The number of imidazole rings is 1. The van der Waals surface area contributed by atoms with Crippen LogP contribution in [-0.2, 0) is 34.4 Å². The Balaban J connectivity index is 2.25. The normalized spacial score (nSPS) is 13.8. The highest BCUT2D eigenvalue weighted by Crippen LogP contribution is 2.22. The second-order valence-electron chi connectivity index (χ2n) is 7.58. The summed E-state index contributed by atoms with van der Waals surface area (Å²) in [5.41, 5.74) is 1.32. The molecule has 0 fully saturated rings. The van der Waals surface area contributed by atoms with Crippen LogP contribution in [0.25, 0.3) is 0 Å². The zero-order valence-electron chi connectivity index (χ0n) is 18.0. The maximum Gasteiger partial charge on any atom is 0.322 e. The first-order valence-corrected chi connectivity index (χ1v) is 12.2. The summed E-state index contributed by atoms with van der Waals surface area (Å²) in [7, 11) is -3.99. The Morgan fingerprint density at radius 2 is 1.90 bits per heavy atom. The van der Waals surface area contributed by atoms with Crippen LogP contribution in [0.3, 0.4) is 0 Å². The van der Waals surface area contributed by atoms with Crippen molar-refractivity contribution in [2.45, 2.75) is 70.5 Å². The van der Waals surface area contributed by atoms with Crippen molar-refractivity contribution in [1.29, 1.82) is 0 Å². The number of hydrogen-bond acceptors (Lipinski definition) is 5. The van der Waals surface area contributed by atoms with E-state index in [9.17, 15) is 23.4 Å². The van der Waals surface area contributed by atoms with Crippen molar-refractivity contribution in [3.05, 3.63) is 46.5 Å². The van der Waals surface area contributed by atoms with Gasteiger partial charge in [0.25, 0.3) is 0 Å². The molecule has 0 aliphatic rings. The lowest BCUT2D eigenvalue weighted by molar-refractivity contribution is -0.140. The monoisotopic (exact) mass is 471 g/mol. The van der Waals surface area contributed by atoms with E-state index in [-0.39, 0.29) is 22.6 Å². The van der Waals surface area contributed by atoms with Crippen LogP contribution in [0, 0.1) is 5.92 Å². The molecule has 0 saturated heterocycles. The van der Waals surface area contributed by atoms with Crippen molar-refractivity contribution in [2.75, 3.05) is 0 Å². The van der Waals surface area contributed by atoms with Gasteiger partial charge in [0.2, 0.25) is 10.0 Å². The number of aliphatic carboxylic acids is 1. The van der Waals surface area contributed by atoms with Gasteiger partial charge in [0, 0.05) is 13.0 Å². The number of sulfonamides is 1. The SMILES string of the molecule is CCCCc1nc(Cl)c(CO)n1Cc1ccc(S(=O)(=O)N[C@H](C(=O)O)[C@@H](C)CC)cc1. The predicted octanol–water partition coefficient (Wildman–Crippen LogP) is 3.20. The molecular formula is C21H30ClN3O5S. The molecule has 0 aliphatic heterocycles. The number of aliphatic hydroxyl groups is 1. The quantitative estimate of drug-likeness (QED) is 0.437. The van der Waals surface area contributed by atoms with Crippen LogP contribution in [0.4, 0.5) is 0 Å². The van der Waals surface area contributed by atoms with Crippen molar-refractivity contribution in [2.24, 2.45) is 5.92 Å². The second-order valence-corrected chi connectivity index (χ2v) is 9.65. The Morgan fingerprint density at radius 3 is 2.42 bits per heavy atom. The van der Waals surface area contributed by atoms with Gasteiger partial charge in [-0.05, 0) is 30.0 Å². The van der Waals surface area contributed by atoms with E-state index in [1.165, 1.54) is 12.1 Å². The molecule has 0 amide bonds. The van der Waals surface area contributed by atoms with Gasteiger partial charge < -0.3 is 14.8 Å². The summed E-state index contributed by atoms with van der Waals surface area (Å²) in [6.45, 7) is 5.70. The number of carboxylic acids is 1. The number of nitrogens with zero attached hydrogens (tertiary/aromatic N) is 2. The van der Waals surface area contributed by atoms with Crippen LogP contribution in [0.2, 0.25) is 5.15 Å². The average molecular weight is 472 g/mol. The molecule has 1 heterocycles. The summed E-state index contributed by atoms with van der Waals surface area (Å²) in [5.74, 6) is -0.786. The third-order valence-electron chi connectivity index (χ3n) is 5.34. The highest BCUT2D eigenvalue weighted by atomic mass is 35.5. The van der Waals surface area contributed by atoms with E-state index in [1.54, 1.807) is 19.1 Å². The third kappa shape index (κ3) is 6.29. The van der Waals surface area contributed by atoms with E-state index < -0.39 is 22.0 Å². The molecule has 172 valence electrons. The standard InChI is InChI=1S/C21H30ClN3O5S/c1-4-6-7-18-23-20(22)17(13-26)25(18)12-15-8-10-16(11-9-15)31(29,30)24-19(21(27)28)14(3)5-2/h8-11,14,19,24,26H,4-7,12-13H2,1-3H3,(H,27,28)/t14-,19-/m0/s1. The van der Waals surface area contributed by atoms with Gasteiger partial charge in [-0.2, -0.15) is 4.72 Å². The third-order valence-corrected chi connectivity index (χ3v) is 7.10. The molecule has 1 aromatic heterocycles. The fourth-order valence-electron chi connectivity index (χ4n) is 3.21. The lowest BCUT2D eigenvalue weighted by Gasteiger charge is -2.20. The summed E-state index contributed by atoms with van der Waals surface area (Å²) in [6.07, 6.45) is 3.17. The number of rotatable bonds is 12. The minimum atomic E-state index is -3.99. The number of carbonyl (C=O) groups is 1. The van der Waals surface area contributed by atoms with E-state index in [0.717, 1.165) is 30.7 Å². The molecule has 2 rings (SSSR count). The lowest BCUT2D eigenvalue weighted by atomic mass is 10.0. The Bertz CT molecular complexity index is 989. The number of aromatic nitrogens is 2. The van der Waals surface area contributed by atoms with Gasteiger partial charge in [-0.25, -0.2) is 13.4 Å². The predicted molar refractivity (Wildman–Crippen MR) is 119 cm³/mol. The zero-order valence-corrected chi connectivity index (χ0v) is 19.6. The van der Waals surface area contributed by atoms with E-state index in [4.69, 9.17) is 11.6 Å². The van der Waals surface area contributed by atoms with Crippen molar-refractivity contribution in [3.8, 4) is 0 Å². The molecule has 0 bridgehead atoms. The molecule has 0 spiro atoms. The smallest absolute Gasteiger partial charge is 0.322 e. The topological polar surface area (TPSA) is 122 Å². The molecule has 3 N–H and O–H groups in total. The molecule has 2 atom stereocenters. The van der Waals surface area contributed by atoms with Crippen molar-refractivity contribution in [1.82, 2.24) is 14.3 Å². The van der Waals surface area contributed by atoms with Gasteiger partial charge in [0.1, 0.15) is 11.9 Å². The van der Waals surface area contributed by atoms with Gasteiger partial charge in [0.15, 0.2) is 5.15 Å². The first kappa shape index (κ1) is 25.3. The minimum absolute atomic E-state index is 0.0111. The number of nitrogens with one attached hydrogen (secondary N) is 1. The molecule has 0 saturated carbocycles. The molecular weight excluding hydrogens is 442 g/mol. The Hall–Kier alpha value is -1.94. The molecule has 1 aromatic carbocycles. The van der Waals surface area contributed by atoms with Crippen LogP contribution in [0.1, 0.15) is 57.1 Å². The van der Waals surface area contributed by atoms with Crippen molar-refractivity contribution >= 4 is 27.6 Å². The molecule has 0 unspecified atom stereocenters. The molecule has 31 heavy (non-hydrogen) atoms. The number of unbranched alkanes of at least 4 members (excludes halogenated alkanes) is 1. The van der Waals surface area contributed by atoms with Gasteiger partial charge in [-0.1, -0.05) is 57.3 Å².